The average Bonchev–Trinajstić information content (AvgIpc) is 2.81. The zero-order valence-corrected chi connectivity index (χ0v) is 17.0. The van der Waals surface area contributed by atoms with E-state index in [0.717, 1.165) is 10.8 Å². The third kappa shape index (κ3) is 5.00. The van der Waals surface area contributed by atoms with Crippen LogP contribution in [0.2, 0.25) is 5.02 Å². The number of amides is 1. The van der Waals surface area contributed by atoms with Crippen LogP contribution in [0.15, 0.2) is 34.0 Å². The number of sulfonamides is 1. The first-order valence-electron chi connectivity index (χ1n) is 7.19. The second-order valence-corrected chi connectivity index (χ2v) is 8.35. The molecule has 0 saturated heterocycles. The maximum atomic E-state index is 12.6. The highest BCUT2D eigenvalue weighted by molar-refractivity contribution is 9.10. The number of rotatable bonds is 5. The van der Waals surface area contributed by atoms with Gasteiger partial charge in [-0.3, -0.25) is 4.79 Å². The minimum atomic E-state index is -4.77. The molecule has 2 aromatic rings. The van der Waals surface area contributed by atoms with Crippen LogP contribution in [-0.2, 0) is 17.1 Å². The summed E-state index contributed by atoms with van der Waals surface area (Å²) >= 11 is 9.13. The van der Waals surface area contributed by atoms with Gasteiger partial charge in [-0.25, -0.2) is 13.4 Å². The van der Waals surface area contributed by atoms with Crippen LogP contribution in [0.5, 0.6) is 0 Å². The Bertz CT molecular complexity index is 978. The van der Waals surface area contributed by atoms with Crippen molar-refractivity contribution >= 4 is 49.1 Å². The lowest BCUT2D eigenvalue weighted by atomic mass is 10.3. The Balaban J connectivity index is 2.34. The Kier molecular flexibility index (Phi) is 6.24. The van der Waals surface area contributed by atoms with Gasteiger partial charge in [-0.2, -0.15) is 17.9 Å². The molecule has 2 heterocycles. The molecule has 0 bridgehead atoms. The summed E-state index contributed by atoms with van der Waals surface area (Å²) in [6.45, 7) is 0.656. The number of pyridine rings is 1. The summed E-state index contributed by atoms with van der Waals surface area (Å²) in [4.78, 5) is 15.7. The topological polar surface area (TPSA) is 93.1 Å². The van der Waals surface area contributed by atoms with Crippen molar-refractivity contribution in [3.63, 3.8) is 0 Å². The van der Waals surface area contributed by atoms with Crippen LogP contribution < -0.4 is 10.0 Å². The lowest BCUT2D eigenvalue weighted by Crippen LogP contribution is -2.42. The quantitative estimate of drug-likeness (QED) is 0.630. The number of aryl methyl sites for hydroxylation is 1. The van der Waals surface area contributed by atoms with Crippen molar-refractivity contribution in [2.24, 2.45) is 7.05 Å². The van der Waals surface area contributed by atoms with Gasteiger partial charge in [-0.1, -0.05) is 11.6 Å². The minimum Gasteiger partial charge on any atom is -0.344 e. The molecule has 7 nitrogen and oxygen atoms in total. The maximum absolute atomic E-state index is 12.6. The zero-order chi connectivity index (χ0) is 20.6. The van der Waals surface area contributed by atoms with E-state index in [1.54, 1.807) is 0 Å². The predicted molar refractivity (Wildman–Crippen MR) is 96.2 cm³/mol. The van der Waals surface area contributed by atoms with Gasteiger partial charge in [0.2, 0.25) is 10.0 Å². The van der Waals surface area contributed by atoms with E-state index in [9.17, 15) is 26.4 Å². The van der Waals surface area contributed by atoms with Crippen molar-refractivity contribution in [1.82, 2.24) is 14.3 Å². The van der Waals surface area contributed by atoms with Gasteiger partial charge in [0.15, 0.2) is 0 Å². The van der Waals surface area contributed by atoms with E-state index >= 15 is 0 Å². The first kappa shape index (κ1) is 21.7. The largest absolute Gasteiger partial charge is 0.404 e. The fraction of sp³-hybridized carbons (Fsp3) is 0.286. The number of carbonyl (C=O) groups is 1. The van der Waals surface area contributed by atoms with E-state index in [1.165, 1.54) is 30.1 Å². The third-order valence-electron chi connectivity index (χ3n) is 3.40. The monoisotopic (exact) mass is 488 g/mol. The first-order chi connectivity index (χ1) is 12.3. The molecule has 2 rings (SSSR count). The summed E-state index contributed by atoms with van der Waals surface area (Å²) in [6, 6.07) is 0.660. The smallest absolute Gasteiger partial charge is 0.344 e. The van der Waals surface area contributed by atoms with Gasteiger partial charge in [0.25, 0.3) is 5.91 Å². The molecule has 27 heavy (non-hydrogen) atoms. The van der Waals surface area contributed by atoms with Crippen molar-refractivity contribution in [3.05, 3.63) is 39.8 Å². The van der Waals surface area contributed by atoms with E-state index in [-0.39, 0.29) is 5.69 Å². The Morgan fingerprint density at radius 2 is 2.04 bits per heavy atom. The lowest BCUT2D eigenvalue weighted by Gasteiger charge is -2.16. The van der Waals surface area contributed by atoms with E-state index in [1.807, 2.05) is 0 Å². The molecule has 148 valence electrons. The van der Waals surface area contributed by atoms with Crippen LogP contribution in [0.3, 0.4) is 0 Å². The molecule has 0 aliphatic heterocycles. The Hall–Kier alpha value is -1.63. The van der Waals surface area contributed by atoms with Crippen LogP contribution >= 0.6 is 27.5 Å². The molecule has 13 heteroatoms. The summed E-state index contributed by atoms with van der Waals surface area (Å²) in [5.41, 5.74) is 0.122. The van der Waals surface area contributed by atoms with E-state index in [0.29, 0.717) is 17.2 Å². The predicted octanol–water partition coefficient (Wildman–Crippen LogP) is 3.32. The van der Waals surface area contributed by atoms with E-state index < -0.39 is 38.1 Å². The van der Waals surface area contributed by atoms with Gasteiger partial charge in [0.1, 0.15) is 21.2 Å². The Morgan fingerprint density at radius 3 is 2.59 bits per heavy atom. The van der Waals surface area contributed by atoms with Crippen molar-refractivity contribution in [2.45, 2.75) is 24.0 Å². The molecular weight excluding hydrogens is 477 g/mol. The molecule has 0 spiro atoms. The fourth-order valence-corrected chi connectivity index (χ4v) is 4.34. The second-order valence-electron chi connectivity index (χ2n) is 5.47. The molecule has 1 atom stereocenters. The molecule has 0 radical (unpaired) electrons. The normalized spacial score (nSPS) is 13.4. The van der Waals surface area contributed by atoms with Gasteiger partial charge in [0, 0.05) is 25.1 Å². The van der Waals surface area contributed by atoms with Gasteiger partial charge in [-0.15, -0.1) is 0 Å². The first-order valence-corrected chi connectivity index (χ1v) is 9.85. The standard InChI is InChI=1S/C14H13BrClF3N4O3S/c1-7(14(17,18)19)22-27(25,26)9-6-23(2)12(11(9)16)13(24)21-8-3-4-20-10(15)5-8/h3-7,22H,1-2H3,(H,20,21,24)/t7-/m1/s1. The molecule has 0 aliphatic carbocycles. The van der Waals surface area contributed by atoms with Crippen LogP contribution in [0, 0.1) is 0 Å². The maximum Gasteiger partial charge on any atom is 0.404 e. The zero-order valence-electron chi connectivity index (χ0n) is 13.8. The number of hydrogen-bond donors (Lipinski definition) is 2. The number of carbonyl (C=O) groups excluding carboxylic acids is 1. The molecular formula is C14H13BrClF3N4O3S. The van der Waals surface area contributed by atoms with Gasteiger partial charge >= 0.3 is 6.18 Å². The fourth-order valence-electron chi connectivity index (χ4n) is 2.05. The molecule has 0 saturated carbocycles. The number of alkyl halides is 3. The number of anilines is 1. The summed E-state index contributed by atoms with van der Waals surface area (Å²) in [5, 5.41) is 2.01. The highest BCUT2D eigenvalue weighted by Gasteiger charge is 2.40. The van der Waals surface area contributed by atoms with E-state index in [2.05, 4.69) is 26.2 Å². The highest BCUT2D eigenvalue weighted by Crippen LogP contribution is 2.29. The van der Waals surface area contributed by atoms with Crippen LogP contribution in [-0.4, -0.2) is 36.1 Å². The van der Waals surface area contributed by atoms with Gasteiger partial charge in [0.05, 0.1) is 5.02 Å². The summed E-state index contributed by atoms with van der Waals surface area (Å²) in [6.07, 6.45) is -2.39. The van der Waals surface area contributed by atoms with Crippen LogP contribution in [0.25, 0.3) is 0 Å². The molecule has 2 aromatic heterocycles. The van der Waals surface area contributed by atoms with Gasteiger partial charge < -0.3 is 9.88 Å². The lowest BCUT2D eigenvalue weighted by molar-refractivity contribution is -0.147. The average molecular weight is 490 g/mol. The minimum absolute atomic E-state index is 0.232. The number of hydrogen-bond acceptors (Lipinski definition) is 4. The Labute approximate surface area is 166 Å². The molecule has 0 aromatic carbocycles. The summed E-state index contributed by atoms with van der Waals surface area (Å²) in [5.74, 6) is -0.745. The molecule has 0 aliphatic rings. The van der Waals surface area contributed by atoms with E-state index in [4.69, 9.17) is 11.6 Å². The third-order valence-corrected chi connectivity index (χ3v) is 5.88. The summed E-state index contributed by atoms with van der Waals surface area (Å²) in [7, 11) is -3.27. The second kappa shape index (κ2) is 7.78. The number of nitrogens with zero attached hydrogens (tertiary/aromatic N) is 2. The highest BCUT2D eigenvalue weighted by atomic mass is 79.9. The number of aromatic nitrogens is 2. The number of nitrogens with one attached hydrogen (secondary N) is 2. The van der Waals surface area contributed by atoms with Crippen molar-refractivity contribution in [2.75, 3.05) is 5.32 Å². The molecule has 0 unspecified atom stereocenters. The SMILES string of the molecule is C[C@@H](NS(=O)(=O)c1cn(C)c(C(=O)Nc2ccnc(Br)c2)c1Cl)C(F)(F)F. The van der Waals surface area contributed by atoms with Crippen molar-refractivity contribution in [1.29, 1.82) is 0 Å². The number of halogens is 5. The summed E-state index contributed by atoms with van der Waals surface area (Å²) < 4.78 is 65.5. The molecule has 0 fully saturated rings. The van der Waals surface area contributed by atoms with Gasteiger partial charge in [-0.05, 0) is 35.0 Å². The Morgan fingerprint density at radius 1 is 1.41 bits per heavy atom. The molecule has 2 N–H and O–H groups in total. The van der Waals surface area contributed by atoms with Crippen LogP contribution in [0.1, 0.15) is 17.4 Å². The van der Waals surface area contributed by atoms with Crippen molar-refractivity contribution in [3.8, 4) is 0 Å². The molecule has 1 amide bonds. The van der Waals surface area contributed by atoms with Crippen LogP contribution in [0.4, 0.5) is 18.9 Å². The van der Waals surface area contributed by atoms with Crippen molar-refractivity contribution < 1.29 is 26.4 Å².